The summed E-state index contributed by atoms with van der Waals surface area (Å²) in [5, 5.41) is 5.64. The molecule has 3 aromatic rings. The smallest absolute Gasteiger partial charge is 0.00297 e. The normalized spacial score (nSPS) is 15.9. The number of rotatable bonds is 2. The highest BCUT2D eigenvalue weighted by atomic mass is 14.2. The maximum Gasteiger partial charge on any atom is -0.00297 e. The predicted octanol–water partition coefficient (Wildman–Crippen LogP) is 6.29. The standard InChI is InChI=1S/C28H26/c1-19-11-15-21(16-12-19)27-23-7-3-5-9-25(23)28(22-17-13-20(2)14-18-22)26-10-6-4-8-24(26)27/h3,5,7-13,15-17H,4,6,14,18H2,1-2H3. The first-order valence-corrected chi connectivity index (χ1v) is 10.4. The van der Waals surface area contributed by atoms with E-state index in [0.29, 0.717) is 0 Å². The van der Waals surface area contributed by atoms with Gasteiger partial charge in [-0.05, 0) is 83.0 Å². The van der Waals surface area contributed by atoms with E-state index in [1.54, 1.807) is 0 Å². The lowest BCUT2D eigenvalue weighted by atomic mass is 9.83. The summed E-state index contributed by atoms with van der Waals surface area (Å²) in [7, 11) is 0. The summed E-state index contributed by atoms with van der Waals surface area (Å²) in [5.74, 6) is 0. The van der Waals surface area contributed by atoms with Crippen LogP contribution in [0.2, 0.25) is 0 Å². The van der Waals surface area contributed by atoms with E-state index in [0.717, 1.165) is 19.3 Å². The summed E-state index contributed by atoms with van der Waals surface area (Å²) >= 11 is 0. The Balaban J connectivity index is 1.93. The molecule has 2 aliphatic rings. The number of aryl methyl sites for hydroxylation is 1. The highest BCUT2D eigenvalue weighted by molar-refractivity contribution is 6.04. The molecule has 0 radical (unpaired) electrons. The van der Waals surface area contributed by atoms with Crippen molar-refractivity contribution >= 4 is 28.5 Å². The molecule has 0 atom stereocenters. The highest BCUT2D eigenvalue weighted by Gasteiger charge is 2.17. The third-order valence-corrected chi connectivity index (χ3v) is 6.18. The van der Waals surface area contributed by atoms with E-state index >= 15 is 0 Å². The minimum Gasteiger partial charge on any atom is -0.0757 e. The quantitative estimate of drug-likeness (QED) is 0.502. The van der Waals surface area contributed by atoms with Gasteiger partial charge in [-0.3, -0.25) is 0 Å². The first-order valence-electron chi connectivity index (χ1n) is 10.4. The zero-order valence-corrected chi connectivity index (χ0v) is 16.8. The van der Waals surface area contributed by atoms with Crippen LogP contribution in [0.15, 0.2) is 66.3 Å². The fourth-order valence-electron chi connectivity index (χ4n) is 4.68. The van der Waals surface area contributed by atoms with Gasteiger partial charge in [0, 0.05) is 0 Å². The van der Waals surface area contributed by atoms with Gasteiger partial charge in [-0.15, -0.1) is 0 Å². The zero-order valence-electron chi connectivity index (χ0n) is 16.8. The van der Waals surface area contributed by atoms with Gasteiger partial charge in [-0.25, -0.2) is 0 Å². The van der Waals surface area contributed by atoms with Crippen LogP contribution in [0.5, 0.6) is 0 Å². The van der Waals surface area contributed by atoms with Gasteiger partial charge in [0.15, 0.2) is 0 Å². The summed E-state index contributed by atoms with van der Waals surface area (Å²) in [6.45, 7) is 4.40. The van der Waals surface area contributed by atoms with Crippen molar-refractivity contribution in [3.63, 3.8) is 0 Å². The Morgan fingerprint density at radius 3 is 1.93 bits per heavy atom. The third kappa shape index (κ3) is 2.85. The van der Waals surface area contributed by atoms with Gasteiger partial charge in [0.1, 0.15) is 0 Å². The average Bonchev–Trinajstić information content (AvgIpc) is 2.74. The number of benzene rings is 3. The van der Waals surface area contributed by atoms with E-state index in [2.05, 4.69) is 86.7 Å². The minimum absolute atomic E-state index is 1.13. The van der Waals surface area contributed by atoms with Crippen LogP contribution >= 0.6 is 0 Å². The molecule has 5 rings (SSSR count). The van der Waals surface area contributed by atoms with Crippen molar-refractivity contribution in [3.8, 4) is 11.1 Å². The Morgan fingerprint density at radius 2 is 1.29 bits per heavy atom. The average molecular weight is 363 g/mol. The van der Waals surface area contributed by atoms with Gasteiger partial charge in [0.05, 0.1) is 0 Å². The van der Waals surface area contributed by atoms with E-state index in [4.69, 9.17) is 0 Å². The van der Waals surface area contributed by atoms with Gasteiger partial charge in [-0.2, -0.15) is 0 Å². The Morgan fingerprint density at radius 1 is 0.643 bits per heavy atom. The van der Waals surface area contributed by atoms with Crippen molar-refractivity contribution < 1.29 is 0 Å². The van der Waals surface area contributed by atoms with Gasteiger partial charge >= 0.3 is 0 Å². The minimum atomic E-state index is 1.13. The van der Waals surface area contributed by atoms with Crippen molar-refractivity contribution in [2.24, 2.45) is 0 Å². The van der Waals surface area contributed by atoms with E-state index < -0.39 is 0 Å². The Bertz CT molecular complexity index is 1250. The second-order valence-corrected chi connectivity index (χ2v) is 8.18. The molecule has 0 nitrogen and oxygen atoms in total. The molecule has 0 heteroatoms. The molecule has 3 aromatic carbocycles. The molecule has 0 N–H and O–H groups in total. The maximum atomic E-state index is 2.47. The van der Waals surface area contributed by atoms with Crippen LogP contribution in [0.25, 0.3) is 39.6 Å². The lowest BCUT2D eigenvalue weighted by Crippen LogP contribution is -2.33. The summed E-state index contributed by atoms with van der Waals surface area (Å²) in [5.41, 5.74) is 8.46. The lowest BCUT2D eigenvalue weighted by Gasteiger charge is -2.20. The van der Waals surface area contributed by atoms with E-state index in [9.17, 15) is 0 Å². The molecule has 0 fully saturated rings. The van der Waals surface area contributed by atoms with Crippen LogP contribution in [0.4, 0.5) is 0 Å². The Labute approximate surface area is 167 Å². The molecule has 0 saturated heterocycles. The Hall–Kier alpha value is -2.86. The number of allylic oxidation sites excluding steroid dienone is 4. The van der Waals surface area contributed by atoms with E-state index in [-0.39, 0.29) is 0 Å². The van der Waals surface area contributed by atoms with Crippen LogP contribution in [0.1, 0.15) is 43.7 Å². The zero-order chi connectivity index (χ0) is 19.1. The maximum absolute atomic E-state index is 2.47. The second kappa shape index (κ2) is 6.95. The molecule has 0 spiro atoms. The van der Waals surface area contributed by atoms with E-state index in [1.807, 2.05) is 0 Å². The Kier molecular flexibility index (Phi) is 4.28. The molecule has 0 saturated carbocycles. The molecule has 0 aliphatic heterocycles. The summed E-state index contributed by atoms with van der Waals surface area (Å²) in [4.78, 5) is 0. The van der Waals surface area contributed by atoms with Gasteiger partial charge in [0.2, 0.25) is 0 Å². The van der Waals surface area contributed by atoms with E-state index in [1.165, 1.54) is 61.0 Å². The fourth-order valence-corrected chi connectivity index (χ4v) is 4.68. The third-order valence-electron chi connectivity index (χ3n) is 6.18. The van der Waals surface area contributed by atoms with Crippen molar-refractivity contribution in [2.75, 3.05) is 0 Å². The van der Waals surface area contributed by atoms with Crippen molar-refractivity contribution in [3.05, 3.63) is 87.8 Å². The van der Waals surface area contributed by atoms with Gasteiger partial charge in [-0.1, -0.05) is 84.0 Å². The number of fused-ring (bicyclic) bond motifs is 2. The first-order chi connectivity index (χ1) is 13.7. The molecule has 138 valence electrons. The predicted molar refractivity (Wildman–Crippen MR) is 123 cm³/mol. The lowest BCUT2D eigenvalue weighted by molar-refractivity contribution is 0.976. The molecular weight excluding hydrogens is 336 g/mol. The second-order valence-electron chi connectivity index (χ2n) is 8.18. The SMILES string of the molecule is CC1=CC=C(c2c3c(c(-c4ccc(C)cc4)c4ccccc24)=CCCC=3)CC1. The molecule has 0 unspecified atom stereocenters. The molecule has 0 heterocycles. The van der Waals surface area contributed by atoms with Crippen LogP contribution in [-0.2, 0) is 0 Å². The summed E-state index contributed by atoms with van der Waals surface area (Å²) in [6.07, 6.45) is 14.2. The van der Waals surface area contributed by atoms with Crippen LogP contribution < -0.4 is 10.4 Å². The van der Waals surface area contributed by atoms with Crippen molar-refractivity contribution in [1.29, 1.82) is 0 Å². The molecule has 2 aliphatic carbocycles. The topological polar surface area (TPSA) is 0 Å². The van der Waals surface area contributed by atoms with Crippen molar-refractivity contribution in [1.82, 2.24) is 0 Å². The molecule has 0 bridgehead atoms. The fraction of sp³-hybridized carbons (Fsp3) is 0.214. The van der Waals surface area contributed by atoms with Crippen LogP contribution in [0, 0.1) is 6.92 Å². The van der Waals surface area contributed by atoms with Gasteiger partial charge < -0.3 is 0 Å². The molecule has 0 amide bonds. The molecular formula is C28H26. The van der Waals surface area contributed by atoms with Crippen LogP contribution in [-0.4, -0.2) is 0 Å². The summed E-state index contributed by atoms with van der Waals surface area (Å²) in [6, 6.07) is 18.0. The number of hydrogen-bond acceptors (Lipinski definition) is 0. The summed E-state index contributed by atoms with van der Waals surface area (Å²) < 4.78 is 0. The van der Waals surface area contributed by atoms with Crippen molar-refractivity contribution in [2.45, 2.75) is 39.5 Å². The van der Waals surface area contributed by atoms with Gasteiger partial charge in [0.25, 0.3) is 0 Å². The molecule has 28 heavy (non-hydrogen) atoms. The first kappa shape index (κ1) is 17.3. The number of hydrogen-bond donors (Lipinski definition) is 0. The highest BCUT2D eigenvalue weighted by Crippen LogP contribution is 2.33. The monoisotopic (exact) mass is 362 g/mol. The van der Waals surface area contributed by atoms with Crippen LogP contribution in [0.3, 0.4) is 0 Å². The largest absolute Gasteiger partial charge is 0.0757 e. The molecule has 0 aromatic heterocycles.